The monoisotopic (exact) mass is 398 g/mol. The predicted octanol–water partition coefficient (Wildman–Crippen LogP) is 3.71. The number of benzene rings is 2. The smallest absolute Gasteiger partial charge is 0.244 e. The molecule has 1 saturated carbocycles. The maximum absolute atomic E-state index is 14.4. The molecule has 0 saturated heterocycles. The number of rotatable bonds is 6. The number of nitrogens with one attached hydrogen (secondary N) is 3. The lowest BCUT2D eigenvalue weighted by atomic mass is 10.1. The zero-order valence-corrected chi connectivity index (χ0v) is 16.0. The van der Waals surface area contributed by atoms with Gasteiger partial charge in [0, 0.05) is 11.5 Å². The molecule has 3 aromatic rings. The fourth-order valence-electron chi connectivity index (χ4n) is 3.20. The lowest BCUT2D eigenvalue weighted by Gasteiger charge is -2.14. The van der Waals surface area contributed by atoms with Crippen LogP contribution in [0.5, 0.6) is 5.75 Å². The average Bonchev–Trinajstić information content (AvgIpc) is 3.43. The maximum Gasteiger partial charge on any atom is 0.244 e. The minimum atomic E-state index is -0.612. The van der Waals surface area contributed by atoms with E-state index in [1.165, 1.54) is 25.3 Å². The molecule has 0 aliphatic heterocycles. The van der Waals surface area contributed by atoms with Crippen LogP contribution in [0.4, 0.5) is 14.5 Å². The van der Waals surface area contributed by atoms with Crippen molar-refractivity contribution in [3.63, 3.8) is 0 Å². The molecule has 29 heavy (non-hydrogen) atoms. The van der Waals surface area contributed by atoms with Gasteiger partial charge in [-0.2, -0.15) is 5.10 Å². The van der Waals surface area contributed by atoms with E-state index in [1.54, 1.807) is 31.3 Å². The van der Waals surface area contributed by atoms with Gasteiger partial charge >= 0.3 is 0 Å². The largest absolute Gasteiger partial charge is 0.494 e. The number of likely N-dealkylation sites (N-methyl/N-ethyl adjacent to an activating group) is 1. The first-order chi connectivity index (χ1) is 14.0. The van der Waals surface area contributed by atoms with Crippen molar-refractivity contribution in [3.8, 4) is 5.75 Å². The van der Waals surface area contributed by atoms with E-state index in [1.807, 2.05) is 0 Å². The van der Waals surface area contributed by atoms with Gasteiger partial charge < -0.3 is 15.4 Å². The van der Waals surface area contributed by atoms with Gasteiger partial charge in [0.1, 0.15) is 5.82 Å². The van der Waals surface area contributed by atoms with Gasteiger partial charge in [0.15, 0.2) is 11.6 Å². The number of halogens is 2. The number of amides is 1. The van der Waals surface area contributed by atoms with Crippen LogP contribution < -0.4 is 15.4 Å². The summed E-state index contributed by atoms with van der Waals surface area (Å²) in [7, 11) is 3.12. The van der Waals surface area contributed by atoms with Gasteiger partial charge in [-0.3, -0.25) is 9.89 Å². The third-order valence-electron chi connectivity index (χ3n) is 5.20. The number of H-pyrrole nitrogens is 1. The molecule has 0 radical (unpaired) electrons. The Morgan fingerprint density at radius 2 is 2.00 bits per heavy atom. The number of hydrogen-bond acceptors (Lipinski definition) is 4. The van der Waals surface area contributed by atoms with Crippen LogP contribution in [0, 0.1) is 11.6 Å². The van der Waals surface area contributed by atoms with Crippen molar-refractivity contribution in [2.45, 2.75) is 18.4 Å². The lowest BCUT2D eigenvalue weighted by molar-refractivity contribution is -0.119. The summed E-state index contributed by atoms with van der Waals surface area (Å²) in [6, 6.07) is 7.44. The third kappa shape index (κ3) is 3.58. The number of carbonyl (C=O) groups is 1. The van der Waals surface area contributed by atoms with Crippen LogP contribution in [0.15, 0.2) is 30.3 Å². The standard InChI is InChI=1S/C21H20F2N4O2/c1-24-21(7-8-21)20(28)25-18-10-13-16(26-27-17(13)11-14(18)22)5-3-12-4-6-19(29-2)15(23)9-12/h3-6,9-11,24H,7-8H2,1-2H3,(H,25,28)(H,26,27)/b5-3+. The number of aromatic amines is 1. The summed E-state index contributed by atoms with van der Waals surface area (Å²) in [5, 5.41) is 13.2. The molecule has 0 atom stereocenters. The predicted molar refractivity (Wildman–Crippen MR) is 108 cm³/mol. The molecule has 1 aromatic heterocycles. The Hall–Kier alpha value is -3.26. The highest BCUT2D eigenvalue weighted by molar-refractivity contribution is 6.02. The lowest BCUT2D eigenvalue weighted by Crippen LogP contribution is -2.40. The zero-order valence-electron chi connectivity index (χ0n) is 16.0. The van der Waals surface area contributed by atoms with Gasteiger partial charge in [0.05, 0.1) is 29.5 Å². The van der Waals surface area contributed by atoms with E-state index in [2.05, 4.69) is 20.8 Å². The molecule has 1 amide bonds. The number of fused-ring (bicyclic) bond motifs is 1. The fourth-order valence-corrected chi connectivity index (χ4v) is 3.20. The van der Waals surface area contributed by atoms with Crippen molar-refractivity contribution in [1.82, 2.24) is 15.5 Å². The molecular formula is C21H20F2N4O2. The van der Waals surface area contributed by atoms with Gasteiger partial charge in [-0.25, -0.2) is 8.78 Å². The Balaban J connectivity index is 1.62. The van der Waals surface area contributed by atoms with Crippen LogP contribution in [0.1, 0.15) is 24.1 Å². The van der Waals surface area contributed by atoms with E-state index >= 15 is 0 Å². The number of nitrogens with zero attached hydrogens (tertiary/aromatic N) is 1. The van der Waals surface area contributed by atoms with Crippen molar-refractivity contribution in [3.05, 3.63) is 53.2 Å². The molecule has 1 aliphatic carbocycles. The third-order valence-corrected chi connectivity index (χ3v) is 5.20. The topological polar surface area (TPSA) is 79.0 Å². The van der Waals surface area contributed by atoms with E-state index in [-0.39, 0.29) is 17.3 Å². The molecule has 2 aromatic carbocycles. The summed E-state index contributed by atoms with van der Waals surface area (Å²) in [5.74, 6) is -1.10. The van der Waals surface area contributed by atoms with E-state index < -0.39 is 17.2 Å². The highest BCUT2D eigenvalue weighted by Crippen LogP contribution is 2.36. The van der Waals surface area contributed by atoms with Crippen molar-refractivity contribution in [1.29, 1.82) is 0 Å². The molecular weight excluding hydrogens is 378 g/mol. The Labute approximate surface area is 165 Å². The molecule has 4 rings (SSSR count). The quantitative estimate of drug-likeness (QED) is 0.592. The Morgan fingerprint density at radius 1 is 1.21 bits per heavy atom. The summed E-state index contributed by atoms with van der Waals surface area (Å²) >= 11 is 0. The summed E-state index contributed by atoms with van der Waals surface area (Å²) in [4.78, 5) is 12.4. The van der Waals surface area contributed by atoms with Gasteiger partial charge in [0.2, 0.25) is 5.91 Å². The van der Waals surface area contributed by atoms with Crippen LogP contribution in [0.2, 0.25) is 0 Å². The second-order valence-electron chi connectivity index (χ2n) is 7.00. The number of aromatic nitrogens is 2. The number of anilines is 1. The highest BCUT2D eigenvalue weighted by Gasteiger charge is 2.48. The summed E-state index contributed by atoms with van der Waals surface area (Å²) in [6.45, 7) is 0. The van der Waals surface area contributed by atoms with Crippen molar-refractivity contribution in [2.75, 3.05) is 19.5 Å². The average molecular weight is 398 g/mol. The molecule has 6 nitrogen and oxygen atoms in total. The summed E-state index contributed by atoms with van der Waals surface area (Å²) in [6.07, 6.45) is 4.83. The number of carbonyl (C=O) groups excluding carboxylic acids is 1. The van der Waals surface area contributed by atoms with E-state index in [0.717, 1.165) is 12.8 Å². The second kappa shape index (κ2) is 7.29. The van der Waals surface area contributed by atoms with E-state index in [9.17, 15) is 13.6 Å². The van der Waals surface area contributed by atoms with Gasteiger partial charge in [0.25, 0.3) is 0 Å². The number of methoxy groups -OCH3 is 1. The minimum absolute atomic E-state index is 0.0931. The molecule has 1 aliphatic rings. The molecule has 0 unspecified atom stereocenters. The molecule has 0 spiro atoms. The second-order valence-corrected chi connectivity index (χ2v) is 7.00. The molecule has 3 N–H and O–H groups in total. The molecule has 8 heteroatoms. The Morgan fingerprint density at radius 3 is 2.66 bits per heavy atom. The first-order valence-corrected chi connectivity index (χ1v) is 9.15. The van der Waals surface area contributed by atoms with Crippen LogP contribution in [-0.2, 0) is 4.79 Å². The van der Waals surface area contributed by atoms with Crippen molar-refractivity contribution < 1.29 is 18.3 Å². The van der Waals surface area contributed by atoms with Gasteiger partial charge in [-0.05, 0) is 49.7 Å². The fraction of sp³-hybridized carbons (Fsp3) is 0.238. The van der Waals surface area contributed by atoms with Crippen LogP contribution in [0.3, 0.4) is 0 Å². The SMILES string of the molecule is CNC1(C(=O)Nc2cc3c(/C=C/c4ccc(OC)c(F)c4)n[nH]c3cc2F)CC1. The van der Waals surface area contributed by atoms with Crippen LogP contribution in [-0.4, -0.2) is 35.8 Å². The van der Waals surface area contributed by atoms with E-state index in [0.29, 0.717) is 22.2 Å². The summed E-state index contributed by atoms with van der Waals surface area (Å²) < 4.78 is 33.2. The molecule has 150 valence electrons. The van der Waals surface area contributed by atoms with Gasteiger partial charge in [-0.1, -0.05) is 12.1 Å². The first kappa shape index (κ1) is 19.1. The minimum Gasteiger partial charge on any atom is -0.494 e. The number of ether oxygens (including phenoxy) is 1. The first-order valence-electron chi connectivity index (χ1n) is 9.15. The maximum atomic E-state index is 14.4. The van der Waals surface area contributed by atoms with Crippen molar-refractivity contribution >= 4 is 34.6 Å². The zero-order chi connectivity index (χ0) is 20.6. The van der Waals surface area contributed by atoms with Crippen molar-refractivity contribution in [2.24, 2.45) is 0 Å². The van der Waals surface area contributed by atoms with E-state index in [4.69, 9.17) is 4.74 Å². The Kier molecular flexibility index (Phi) is 4.79. The molecule has 1 heterocycles. The van der Waals surface area contributed by atoms with Crippen LogP contribution in [0.25, 0.3) is 23.1 Å². The molecule has 1 fully saturated rings. The van der Waals surface area contributed by atoms with Gasteiger partial charge in [-0.15, -0.1) is 0 Å². The molecule has 0 bridgehead atoms. The Bertz CT molecular complexity index is 1120. The summed E-state index contributed by atoms with van der Waals surface area (Å²) in [5.41, 5.74) is 1.14. The highest BCUT2D eigenvalue weighted by atomic mass is 19.1. The normalized spacial score (nSPS) is 15.0. The van der Waals surface area contributed by atoms with Crippen LogP contribution >= 0.6 is 0 Å². The number of hydrogen-bond donors (Lipinski definition) is 3.